The fourth-order valence-electron chi connectivity index (χ4n) is 2.73. The molecule has 2 aromatic rings. The maximum absolute atomic E-state index is 12.7. The number of Topliss-reactive ketones (excluding diaryl/α,β-unsaturated/α-hetero) is 1. The fourth-order valence-corrected chi connectivity index (χ4v) is 2.73. The molecule has 2 heteroatoms. The molecule has 0 bridgehead atoms. The summed E-state index contributed by atoms with van der Waals surface area (Å²) in [5.74, 6) is 0.729. The van der Waals surface area contributed by atoms with Crippen molar-refractivity contribution in [2.45, 2.75) is 18.4 Å². The quantitative estimate of drug-likeness (QED) is 0.785. The van der Waals surface area contributed by atoms with Crippen molar-refractivity contribution in [2.75, 3.05) is 0 Å². The Morgan fingerprint density at radius 3 is 2.45 bits per heavy atom. The first kappa shape index (κ1) is 12.7. The van der Waals surface area contributed by atoms with E-state index in [1.807, 2.05) is 54.6 Å². The van der Waals surface area contributed by atoms with Crippen LogP contribution in [0.4, 0.5) is 0 Å². The Hall–Kier alpha value is -2.35. The van der Waals surface area contributed by atoms with Crippen LogP contribution in [0.5, 0.6) is 5.75 Å². The molecule has 0 spiro atoms. The van der Waals surface area contributed by atoms with Gasteiger partial charge in [-0.05, 0) is 17.7 Å². The highest BCUT2D eigenvalue weighted by molar-refractivity contribution is 6.07. The van der Waals surface area contributed by atoms with E-state index in [-0.39, 0.29) is 5.78 Å². The molecule has 0 unspecified atom stereocenters. The van der Waals surface area contributed by atoms with Crippen molar-refractivity contribution >= 4 is 5.78 Å². The number of carbonyl (C=O) groups excluding carboxylic acids is 1. The van der Waals surface area contributed by atoms with Crippen LogP contribution in [-0.4, -0.2) is 11.4 Å². The molecular weight excluding hydrogens is 248 g/mol. The molecule has 1 heterocycles. The second-order valence-electron chi connectivity index (χ2n) is 5.08. The maximum atomic E-state index is 12.7. The zero-order valence-corrected chi connectivity index (χ0v) is 11.2. The molecule has 2 aromatic carbocycles. The van der Waals surface area contributed by atoms with Crippen LogP contribution in [-0.2, 0) is 6.42 Å². The topological polar surface area (TPSA) is 26.3 Å². The molecule has 0 saturated heterocycles. The van der Waals surface area contributed by atoms with Gasteiger partial charge in [0.1, 0.15) is 5.75 Å². The Labute approximate surface area is 118 Å². The first-order chi connectivity index (χ1) is 9.75. The zero-order valence-electron chi connectivity index (χ0n) is 11.2. The van der Waals surface area contributed by atoms with Gasteiger partial charge < -0.3 is 4.74 Å². The van der Waals surface area contributed by atoms with Gasteiger partial charge in [-0.25, -0.2) is 0 Å². The van der Waals surface area contributed by atoms with Crippen molar-refractivity contribution in [2.24, 2.45) is 0 Å². The van der Waals surface area contributed by atoms with Crippen LogP contribution < -0.4 is 4.74 Å². The standard InChI is InChI=1S/C18H16O2/c1-2-12-18(13-14-8-4-3-5-9-14)17(19)15-10-6-7-11-16(15)20-18/h2-11H,1,12-13H2/t18-/m1/s1. The van der Waals surface area contributed by atoms with Gasteiger partial charge >= 0.3 is 0 Å². The van der Waals surface area contributed by atoms with Gasteiger partial charge in [-0.15, -0.1) is 6.58 Å². The van der Waals surface area contributed by atoms with Crippen LogP contribution in [0.3, 0.4) is 0 Å². The summed E-state index contributed by atoms with van der Waals surface area (Å²) >= 11 is 0. The first-order valence-corrected chi connectivity index (χ1v) is 6.73. The van der Waals surface area contributed by atoms with Crippen LogP contribution in [0, 0.1) is 0 Å². The molecule has 0 saturated carbocycles. The van der Waals surface area contributed by atoms with Crippen LogP contribution in [0.1, 0.15) is 22.3 Å². The second kappa shape index (κ2) is 4.97. The number of fused-ring (bicyclic) bond motifs is 1. The summed E-state index contributed by atoms with van der Waals surface area (Å²) in [5.41, 5.74) is 0.924. The lowest BCUT2D eigenvalue weighted by molar-refractivity contribution is 0.0571. The summed E-state index contributed by atoms with van der Waals surface area (Å²) < 4.78 is 6.03. The molecule has 2 nitrogen and oxygen atoms in total. The fraction of sp³-hybridized carbons (Fsp3) is 0.167. The van der Waals surface area contributed by atoms with Gasteiger partial charge in [0.2, 0.25) is 5.78 Å². The molecule has 3 rings (SSSR count). The van der Waals surface area contributed by atoms with Gasteiger partial charge in [-0.1, -0.05) is 48.5 Å². The SMILES string of the molecule is C=CC[C@]1(Cc2ccccc2)Oc2ccccc2C1=O. The molecule has 0 amide bonds. The molecule has 1 atom stereocenters. The third kappa shape index (κ3) is 2.03. The minimum absolute atomic E-state index is 0.0526. The van der Waals surface area contributed by atoms with Crippen LogP contribution in [0.25, 0.3) is 0 Å². The monoisotopic (exact) mass is 264 g/mol. The van der Waals surface area contributed by atoms with E-state index in [1.54, 1.807) is 6.08 Å². The number of para-hydroxylation sites is 1. The van der Waals surface area contributed by atoms with Crippen molar-refractivity contribution in [3.63, 3.8) is 0 Å². The van der Waals surface area contributed by atoms with Crippen molar-refractivity contribution < 1.29 is 9.53 Å². The lowest BCUT2D eigenvalue weighted by Gasteiger charge is -2.26. The average Bonchev–Trinajstić information content (AvgIpc) is 2.74. The molecule has 0 aliphatic carbocycles. The largest absolute Gasteiger partial charge is 0.478 e. The third-order valence-corrected chi connectivity index (χ3v) is 3.66. The number of ether oxygens (including phenoxy) is 1. The van der Waals surface area contributed by atoms with Gasteiger partial charge in [0.15, 0.2) is 5.60 Å². The zero-order chi connectivity index (χ0) is 14.0. The normalized spacial score (nSPS) is 20.3. The molecule has 0 radical (unpaired) electrons. The smallest absolute Gasteiger partial charge is 0.210 e. The summed E-state index contributed by atoms with van der Waals surface area (Å²) in [6.07, 6.45) is 2.83. The van der Waals surface area contributed by atoms with Gasteiger partial charge in [0, 0.05) is 12.8 Å². The Morgan fingerprint density at radius 2 is 1.75 bits per heavy atom. The summed E-state index contributed by atoms with van der Waals surface area (Å²) in [5, 5.41) is 0. The maximum Gasteiger partial charge on any atom is 0.210 e. The van der Waals surface area contributed by atoms with Crippen molar-refractivity contribution in [3.05, 3.63) is 78.4 Å². The second-order valence-corrected chi connectivity index (χ2v) is 5.08. The third-order valence-electron chi connectivity index (χ3n) is 3.66. The Balaban J connectivity index is 1.99. The van der Waals surface area contributed by atoms with Gasteiger partial charge in [-0.2, -0.15) is 0 Å². The molecule has 20 heavy (non-hydrogen) atoms. The molecule has 1 aliphatic rings. The Bertz CT molecular complexity index is 645. The molecule has 0 N–H and O–H groups in total. The van der Waals surface area contributed by atoms with E-state index in [0.29, 0.717) is 24.2 Å². The van der Waals surface area contributed by atoms with E-state index in [1.165, 1.54) is 0 Å². The van der Waals surface area contributed by atoms with Crippen LogP contribution >= 0.6 is 0 Å². The summed E-state index contributed by atoms with van der Waals surface area (Å²) in [6.45, 7) is 3.78. The van der Waals surface area contributed by atoms with E-state index in [0.717, 1.165) is 5.56 Å². The number of benzene rings is 2. The van der Waals surface area contributed by atoms with E-state index >= 15 is 0 Å². The highest BCUT2D eigenvalue weighted by Gasteiger charge is 2.46. The number of hydrogen-bond donors (Lipinski definition) is 0. The molecule has 100 valence electrons. The average molecular weight is 264 g/mol. The Morgan fingerprint density at radius 1 is 1.05 bits per heavy atom. The predicted octanol–water partition coefficient (Wildman–Crippen LogP) is 3.82. The highest BCUT2D eigenvalue weighted by Crippen LogP contribution is 2.39. The minimum Gasteiger partial charge on any atom is -0.478 e. The number of rotatable bonds is 4. The number of ketones is 1. The van der Waals surface area contributed by atoms with Crippen molar-refractivity contribution in [1.82, 2.24) is 0 Å². The van der Waals surface area contributed by atoms with Gasteiger partial charge in [0.25, 0.3) is 0 Å². The van der Waals surface area contributed by atoms with Crippen molar-refractivity contribution in [1.29, 1.82) is 0 Å². The molecule has 1 aliphatic heterocycles. The molecule has 0 aromatic heterocycles. The van der Waals surface area contributed by atoms with E-state index in [2.05, 4.69) is 6.58 Å². The molecular formula is C18H16O2. The summed E-state index contributed by atoms with van der Waals surface area (Å²) in [4.78, 5) is 12.7. The lowest BCUT2D eigenvalue weighted by Crippen LogP contribution is -2.42. The minimum atomic E-state index is -0.840. The lowest BCUT2D eigenvalue weighted by atomic mass is 9.86. The summed E-state index contributed by atoms with van der Waals surface area (Å²) in [6, 6.07) is 17.4. The van der Waals surface area contributed by atoms with E-state index in [9.17, 15) is 4.79 Å². The number of carbonyl (C=O) groups is 1. The van der Waals surface area contributed by atoms with Crippen molar-refractivity contribution in [3.8, 4) is 5.75 Å². The number of hydrogen-bond acceptors (Lipinski definition) is 2. The predicted molar refractivity (Wildman–Crippen MR) is 79.1 cm³/mol. The Kier molecular flexibility index (Phi) is 3.15. The van der Waals surface area contributed by atoms with Gasteiger partial charge in [0.05, 0.1) is 5.56 Å². The van der Waals surface area contributed by atoms with Gasteiger partial charge in [-0.3, -0.25) is 4.79 Å². The summed E-state index contributed by atoms with van der Waals surface area (Å²) in [7, 11) is 0. The van der Waals surface area contributed by atoms with Crippen LogP contribution in [0.15, 0.2) is 67.3 Å². The first-order valence-electron chi connectivity index (χ1n) is 6.73. The van der Waals surface area contributed by atoms with E-state index < -0.39 is 5.60 Å². The van der Waals surface area contributed by atoms with Crippen LogP contribution in [0.2, 0.25) is 0 Å². The molecule has 0 fully saturated rings. The van der Waals surface area contributed by atoms with E-state index in [4.69, 9.17) is 4.74 Å². The highest BCUT2D eigenvalue weighted by atomic mass is 16.5.